The minimum absolute atomic E-state index is 0.0626. The molecule has 0 heterocycles. The van der Waals surface area contributed by atoms with Gasteiger partial charge in [0, 0.05) is 12.1 Å². The minimum Gasteiger partial charge on any atom is -0.495 e. The van der Waals surface area contributed by atoms with Gasteiger partial charge in [-0.15, -0.1) is 0 Å². The number of nitrogens with two attached hydrogens (primary N) is 1. The van der Waals surface area contributed by atoms with Crippen molar-refractivity contribution in [2.45, 2.75) is 38.1 Å². The maximum Gasteiger partial charge on any atom is 0.229 e. The van der Waals surface area contributed by atoms with Gasteiger partial charge in [0.25, 0.3) is 0 Å². The van der Waals surface area contributed by atoms with E-state index in [1.165, 1.54) is 7.11 Å². The first-order valence-electron chi connectivity index (χ1n) is 7.30. The highest BCUT2D eigenvalue weighted by Gasteiger charge is 2.27. The Morgan fingerprint density at radius 1 is 1.38 bits per heavy atom. The van der Waals surface area contributed by atoms with Crippen LogP contribution >= 0.6 is 0 Å². The van der Waals surface area contributed by atoms with Gasteiger partial charge in [0.2, 0.25) is 5.91 Å². The zero-order valence-electron chi connectivity index (χ0n) is 12.3. The third-order valence-corrected chi connectivity index (χ3v) is 3.99. The first kappa shape index (κ1) is 15.3. The molecule has 2 rings (SSSR count). The number of anilines is 1. The van der Waals surface area contributed by atoms with E-state index in [1.807, 2.05) is 6.07 Å². The first-order chi connectivity index (χ1) is 10.2. The summed E-state index contributed by atoms with van der Waals surface area (Å²) in [5.74, 6) is 0.268. The molecule has 1 saturated carbocycles. The number of benzene rings is 1. The van der Waals surface area contributed by atoms with Gasteiger partial charge < -0.3 is 15.8 Å². The maximum absolute atomic E-state index is 12.4. The van der Waals surface area contributed by atoms with Crippen molar-refractivity contribution < 1.29 is 9.53 Å². The molecule has 5 nitrogen and oxygen atoms in total. The molecule has 1 aromatic rings. The Morgan fingerprint density at radius 3 is 2.86 bits per heavy atom. The van der Waals surface area contributed by atoms with Crippen LogP contribution in [0.25, 0.3) is 0 Å². The molecule has 5 heteroatoms. The topological polar surface area (TPSA) is 88.1 Å². The molecule has 2 atom stereocenters. The van der Waals surface area contributed by atoms with Crippen molar-refractivity contribution in [3.8, 4) is 11.8 Å². The van der Waals surface area contributed by atoms with E-state index in [0.29, 0.717) is 17.0 Å². The van der Waals surface area contributed by atoms with Crippen molar-refractivity contribution in [1.82, 2.24) is 0 Å². The van der Waals surface area contributed by atoms with Gasteiger partial charge in [-0.2, -0.15) is 5.26 Å². The average Bonchev–Trinajstić information content (AvgIpc) is 2.72. The van der Waals surface area contributed by atoms with Crippen LogP contribution in [-0.2, 0) is 4.79 Å². The number of amides is 1. The average molecular weight is 287 g/mol. The fraction of sp³-hybridized carbons (Fsp3) is 0.500. The summed E-state index contributed by atoms with van der Waals surface area (Å²) in [7, 11) is 1.52. The summed E-state index contributed by atoms with van der Waals surface area (Å²) in [6, 6.07) is 6.93. The normalized spacial score (nSPS) is 22.0. The van der Waals surface area contributed by atoms with Crippen LogP contribution in [0.5, 0.6) is 5.75 Å². The van der Waals surface area contributed by atoms with Gasteiger partial charge in [-0.3, -0.25) is 4.79 Å². The third kappa shape index (κ3) is 3.73. The fourth-order valence-corrected chi connectivity index (χ4v) is 2.75. The zero-order valence-corrected chi connectivity index (χ0v) is 12.3. The zero-order chi connectivity index (χ0) is 15.2. The predicted octanol–water partition coefficient (Wildman–Crippen LogP) is 2.41. The second-order valence-corrected chi connectivity index (χ2v) is 5.42. The summed E-state index contributed by atoms with van der Waals surface area (Å²) in [6.07, 6.45) is 4.98. The summed E-state index contributed by atoms with van der Waals surface area (Å²) in [5, 5.41) is 11.8. The molecule has 1 aliphatic carbocycles. The van der Waals surface area contributed by atoms with Crippen LogP contribution in [0.2, 0.25) is 0 Å². The van der Waals surface area contributed by atoms with E-state index in [4.69, 9.17) is 15.7 Å². The molecule has 3 N–H and O–H groups in total. The molecule has 21 heavy (non-hydrogen) atoms. The van der Waals surface area contributed by atoms with E-state index in [1.54, 1.807) is 18.2 Å². The van der Waals surface area contributed by atoms with Gasteiger partial charge in [-0.25, -0.2) is 0 Å². The number of ether oxygens (including phenoxy) is 1. The molecule has 1 amide bonds. The molecule has 0 aliphatic heterocycles. The number of carbonyl (C=O) groups is 1. The van der Waals surface area contributed by atoms with E-state index >= 15 is 0 Å². The van der Waals surface area contributed by atoms with Gasteiger partial charge in [0.15, 0.2) is 0 Å². The van der Waals surface area contributed by atoms with E-state index in [9.17, 15) is 4.79 Å². The van der Waals surface area contributed by atoms with Gasteiger partial charge in [-0.1, -0.05) is 19.3 Å². The van der Waals surface area contributed by atoms with Crippen LogP contribution in [0.4, 0.5) is 5.69 Å². The Morgan fingerprint density at radius 2 is 2.14 bits per heavy atom. The van der Waals surface area contributed by atoms with Gasteiger partial charge >= 0.3 is 0 Å². The van der Waals surface area contributed by atoms with Crippen LogP contribution in [0, 0.1) is 17.2 Å². The summed E-state index contributed by atoms with van der Waals surface area (Å²) in [5.41, 5.74) is 7.19. The van der Waals surface area contributed by atoms with E-state index < -0.39 is 0 Å². The molecule has 0 aromatic heterocycles. The molecule has 0 bridgehead atoms. The second-order valence-electron chi connectivity index (χ2n) is 5.42. The van der Waals surface area contributed by atoms with Gasteiger partial charge in [-0.05, 0) is 25.0 Å². The fourth-order valence-electron chi connectivity index (χ4n) is 2.75. The second kappa shape index (κ2) is 7.09. The smallest absolute Gasteiger partial charge is 0.229 e. The van der Waals surface area contributed by atoms with E-state index in [2.05, 4.69) is 5.32 Å². The SMILES string of the molecule is COc1cc(C#N)ccc1NC(=O)C1CCCCCC1N. The number of methoxy groups -OCH3 is 1. The Bertz CT molecular complexity index is 551. The van der Waals surface area contributed by atoms with Crippen molar-refractivity contribution in [2.24, 2.45) is 11.7 Å². The Hall–Kier alpha value is -2.06. The number of carbonyl (C=O) groups excluding carboxylic acids is 1. The molecular weight excluding hydrogens is 266 g/mol. The molecule has 0 radical (unpaired) electrons. The van der Waals surface area contributed by atoms with Crippen LogP contribution in [0.1, 0.15) is 37.7 Å². The first-order valence-corrected chi connectivity index (χ1v) is 7.30. The standard InChI is InChI=1S/C16H21N3O2/c1-21-15-9-11(10-17)7-8-14(15)19-16(20)12-5-3-2-4-6-13(12)18/h7-9,12-13H,2-6,18H2,1H3,(H,19,20). The summed E-state index contributed by atoms with van der Waals surface area (Å²) in [6.45, 7) is 0. The van der Waals surface area contributed by atoms with Crippen molar-refractivity contribution in [3.05, 3.63) is 23.8 Å². The number of nitriles is 1. The third-order valence-electron chi connectivity index (χ3n) is 3.99. The summed E-state index contributed by atoms with van der Waals surface area (Å²) >= 11 is 0. The molecule has 112 valence electrons. The lowest BCUT2D eigenvalue weighted by atomic mass is 9.94. The lowest BCUT2D eigenvalue weighted by molar-refractivity contribution is -0.120. The Labute approximate surface area is 125 Å². The van der Waals surface area contributed by atoms with Crippen molar-refractivity contribution in [2.75, 3.05) is 12.4 Å². The minimum atomic E-state index is -0.159. The van der Waals surface area contributed by atoms with E-state index in [-0.39, 0.29) is 17.9 Å². The molecule has 0 spiro atoms. The summed E-state index contributed by atoms with van der Waals surface area (Å²) < 4.78 is 5.23. The largest absolute Gasteiger partial charge is 0.495 e. The van der Waals surface area contributed by atoms with Crippen molar-refractivity contribution in [3.63, 3.8) is 0 Å². The Kier molecular flexibility index (Phi) is 5.18. The van der Waals surface area contributed by atoms with Crippen LogP contribution in [-0.4, -0.2) is 19.1 Å². The molecule has 1 aliphatic rings. The monoisotopic (exact) mass is 287 g/mol. The molecule has 1 fully saturated rings. The number of hydrogen-bond acceptors (Lipinski definition) is 4. The van der Waals surface area contributed by atoms with Gasteiger partial charge in [0.05, 0.1) is 30.3 Å². The maximum atomic E-state index is 12.4. The highest BCUT2D eigenvalue weighted by Crippen LogP contribution is 2.28. The van der Waals surface area contributed by atoms with Gasteiger partial charge in [0.1, 0.15) is 5.75 Å². The van der Waals surface area contributed by atoms with Crippen LogP contribution in [0.15, 0.2) is 18.2 Å². The summed E-state index contributed by atoms with van der Waals surface area (Å²) in [4.78, 5) is 12.4. The predicted molar refractivity (Wildman–Crippen MR) is 80.9 cm³/mol. The number of rotatable bonds is 3. The number of nitrogens with zero attached hydrogens (tertiary/aromatic N) is 1. The lowest BCUT2D eigenvalue weighted by Gasteiger charge is -2.21. The van der Waals surface area contributed by atoms with Crippen LogP contribution in [0.3, 0.4) is 0 Å². The molecule has 1 aromatic carbocycles. The quantitative estimate of drug-likeness (QED) is 0.836. The van der Waals surface area contributed by atoms with Crippen LogP contribution < -0.4 is 15.8 Å². The Balaban J connectivity index is 2.13. The number of hydrogen-bond donors (Lipinski definition) is 2. The number of nitrogens with one attached hydrogen (secondary N) is 1. The molecule has 2 unspecified atom stereocenters. The highest BCUT2D eigenvalue weighted by molar-refractivity contribution is 5.94. The van der Waals surface area contributed by atoms with Crippen molar-refractivity contribution in [1.29, 1.82) is 5.26 Å². The molecule has 0 saturated heterocycles. The van der Waals surface area contributed by atoms with E-state index in [0.717, 1.165) is 32.1 Å². The van der Waals surface area contributed by atoms with Crippen molar-refractivity contribution >= 4 is 11.6 Å². The lowest BCUT2D eigenvalue weighted by Crippen LogP contribution is -2.37. The molecular formula is C16H21N3O2. The highest BCUT2D eigenvalue weighted by atomic mass is 16.5.